The van der Waals surface area contributed by atoms with E-state index in [4.69, 9.17) is 0 Å². The molecule has 0 bridgehead atoms. The Kier molecular flexibility index (Phi) is 2.57. The number of anilines is 2. The molecule has 1 aromatic carbocycles. The minimum Gasteiger partial charge on any atom is -0.370 e. The Morgan fingerprint density at radius 2 is 1.89 bits per heavy atom. The molecule has 1 amide bonds. The predicted molar refractivity (Wildman–Crippen MR) is 62.6 cm³/mol. The van der Waals surface area contributed by atoms with E-state index in [1.165, 1.54) is 18.0 Å². The van der Waals surface area contributed by atoms with Crippen LogP contribution < -0.4 is 10.2 Å². The summed E-state index contributed by atoms with van der Waals surface area (Å²) in [6.07, 6.45) is -4.41. The van der Waals surface area contributed by atoms with Crippen LogP contribution in [0.15, 0.2) is 18.2 Å². The Labute approximate surface area is 103 Å². The maximum atomic E-state index is 12.6. The van der Waals surface area contributed by atoms with E-state index in [1.807, 2.05) is 0 Å². The standard InChI is InChI=1S/C12H13F3N2O/c1-11(2)10(18)17(3)9-6-7(12(13,14)15)4-5-8(9)16-11/h4-6,16H,1-3H3. The molecular weight excluding hydrogens is 245 g/mol. The first-order valence-corrected chi connectivity index (χ1v) is 5.40. The number of nitrogens with one attached hydrogen (secondary N) is 1. The third-order valence-electron chi connectivity index (χ3n) is 2.97. The molecule has 0 aromatic heterocycles. The van der Waals surface area contributed by atoms with Gasteiger partial charge in [-0.2, -0.15) is 13.2 Å². The number of carbonyl (C=O) groups excluding carboxylic acids is 1. The van der Waals surface area contributed by atoms with Gasteiger partial charge in [0.2, 0.25) is 0 Å². The lowest BCUT2D eigenvalue weighted by atomic mass is 9.98. The summed E-state index contributed by atoms with van der Waals surface area (Å²) in [4.78, 5) is 13.2. The molecule has 0 fully saturated rings. The van der Waals surface area contributed by atoms with Crippen molar-refractivity contribution in [3.63, 3.8) is 0 Å². The van der Waals surface area contributed by atoms with Crippen molar-refractivity contribution in [3.8, 4) is 0 Å². The average Bonchev–Trinajstić information content (AvgIpc) is 2.24. The van der Waals surface area contributed by atoms with Gasteiger partial charge in [0.15, 0.2) is 0 Å². The molecule has 2 rings (SSSR count). The van der Waals surface area contributed by atoms with Crippen LogP contribution in [0.3, 0.4) is 0 Å². The van der Waals surface area contributed by atoms with Crippen LogP contribution in [0.1, 0.15) is 19.4 Å². The van der Waals surface area contributed by atoms with Gasteiger partial charge in [-0.05, 0) is 32.0 Å². The lowest BCUT2D eigenvalue weighted by molar-refractivity contribution is -0.137. The molecule has 1 aliphatic rings. The summed E-state index contributed by atoms with van der Waals surface area (Å²) in [6, 6.07) is 3.34. The summed E-state index contributed by atoms with van der Waals surface area (Å²) in [5.74, 6) is -0.269. The minimum absolute atomic E-state index is 0.245. The maximum Gasteiger partial charge on any atom is 0.416 e. The Morgan fingerprint density at radius 3 is 2.44 bits per heavy atom. The molecule has 1 N–H and O–H groups in total. The van der Waals surface area contributed by atoms with Crippen molar-refractivity contribution < 1.29 is 18.0 Å². The third kappa shape index (κ3) is 1.91. The topological polar surface area (TPSA) is 32.3 Å². The highest BCUT2D eigenvalue weighted by Gasteiger charge is 2.38. The van der Waals surface area contributed by atoms with Crippen molar-refractivity contribution in [1.82, 2.24) is 0 Å². The molecule has 6 heteroatoms. The van der Waals surface area contributed by atoms with Gasteiger partial charge in [-0.3, -0.25) is 4.79 Å². The second-order valence-electron chi connectivity index (χ2n) is 4.84. The van der Waals surface area contributed by atoms with E-state index in [0.717, 1.165) is 12.1 Å². The van der Waals surface area contributed by atoms with Gasteiger partial charge in [0.25, 0.3) is 5.91 Å². The number of alkyl halides is 3. The first-order chi connectivity index (χ1) is 8.13. The first kappa shape index (κ1) is 12.7. The second-order valence-corrected chi connectivity index (χ2v) is 4.84. The fourth-order valence-corrected chi connectivity index (χ4v) is 2.01. The number of hydrogen-bond acceptors (Lipinski definition) is 2. The Balaban J connectivity index is 2.53. The smallest absolute Gasteiger partial charge is 0.370 e. The van der Waals surface area contributed by atoms with Gasteiger partial charge in [0.05, 0.1) is 16.9 Å². The molecule has 0 atom stereocenters. The van der Waals surface area contributed by atoms with Crippen LogP contribution in [0, 0.1) is 0 Å². The van der Waals surface area contributed by atoms with E-state index in [-0.39, 0.29) is 11.6 Å². The van der Waals surface area contributed by atoms with Crippen LogP contribution >= 0.6 is 0 Å². The lowest BCUT2D eigenvalue weighted by Crippen LogP contribution is -2.52. The van der Waals surface area contributed by atoms with Crippen molar-refractivity contribution >= 4 is 17.3 Å². The molecule has 0 saturated heterocycles. The highest BCUT2D eigenvalue weighted by molar-refractivity contribution is 6.07. The molecule has 1 aromatic rings. The minimum atomic E-state index is -4.41. The molecule has 0 spiro atoms. The van der Waals surface area contributed by atoms with Crippen LogP contribution in [-0.2, 0) is 11.0 Å². The van der Waals surface area contributed by atoms with E-state index in [1.54, 1.807) is 13.8 Å². The van der Waals surface area contributed by atoms with Crippen LogP contribution in [0.25, 0.3) is 0 Å². The second kappa shape index (κ2) is 3.63. The fourth-order valence-electron chi connectivity index (χ4n) is 2.01. The summed E-state index contributed by atoms with van der Waals surface area (Å²) in [5, 5.41) is 2.94. The van der Waals surface area contributed by atoms with E-state index >= 15 is 0 Å². The van der Waals surface area contributed by atoms with Crippen molar-refractivity contribution in [1.29, 1.82) is 0 Å². The van der Waals surface area contributed by atoms with Gasteiger partial charge in [0.1, 0.15) is 5.54 Å². The van der Waals surface area contributed by atoms with Crippen molar-refractivity contribution in [2.24, 2.45) is 0 Å². The number of likely N-dealkylation sites (N-methyl/N-ethyl adjacent to an activating group) is 1. The lowest BCUT2D eigenvalue weighted by Gasteiger charge is -2.38. The maximum absolute atomic E-state index is 12.6. The fraction of sp³-hybridized carbons (Fsp3) is 0.417. The molecule has 0 radical (unpaired) electrons. The van der Waals surface area contributed by atoms with Gasteiger partial charge < -0.3 is 10.2 Å². The monoisotopic (exact) mass is 258 g/mol. The Bertz CT molecular complexity index is 509. The van der Waals surface area contributed by atoms with E-state index in [2.05, 4.69) is 5.32 Å². The van der Waals surface area contributed by atoms with Crippen molar-refractivity contribution in [3.05, 3.63) is 23.8 Å². The number of hydrogen-bond donors (Lipinski definition) is 1. The highest BCUT2D eigenvalue weighted by atomic mass is 19.4. The Hall–Kier alpha value is -1.72. The van der Waals surface area contributed by atoms with Gasteiger partial charge in [-0.25, -0.2) is 0 Å². The van der Waals surface area contributed by atoms with Gasteiger partial charge in [-0.15, -0.1) is 0 Å². The zero-order chi connectivity index (χ0) is 13.7. The molecule has 0 saturated carbocycles. The molecule has 1 heterocycles. The number of halogens is 3. The highest BCUT2D eigenvalue weighted by Crippen LogP contribution is 2.39. The normalized spacial score (nSPS) is 18.3. The number of carbonyl (C=O) groups is 1. The number of nitrogens with zero attached hydrogens (tertiary/aromatic N) is 1. The van der Waals surface area contributed by atoms with Gasteiger partial charge in [-0.1, -0.05) is 0 Å². The Morgan fingerprint density at radius 1 is 1.28 bits per heavy atom. The van der Waals surface area contributed by atoms with Crippen LogP contribution in [0.5, 0.6) is 0 Å². The van der Waals surface area contributed by atoms with Crippen molar-refractivity contribution in [2.75, 3.05) is 17.3 Å². The number of rotatable bonds is 0. The molecule has 1 aliphatic heterocycles. The molecule has 0 unspecified atom stereocenters. The summed E-state index contributed by atoms with van der Waals surface area (Å²) in [6.45, 7) is 3.37. The summed E-state index contributed by atoms with van der Waals surface area (Å²) in [7, 11) is 1.48. The van der Waals surface area contributed by atoms with Gasteiger partial charge >= 0.3 is 6.18 Å². The van der Waals surface area contributed by atoms with Crippen LogP contribution in [0.4, 0.5) is 24.5 Å². The summed E-state index contributed by atoms with van der Waals surface area (Å²) < 4.78 is 37.8. The van der Waals surface area contributed by atoms with Crippen LogP contribution in [0.2, 0.25) is 0 Å². The molecule has 98 valence electrons. The SMILES string of the molecule is CN1C(=O)C(C)(C)Nc2ccc(C(F)(F)F)cc21. The predicted octanol–water partition coefficient (Wildman–Crippen LogP) is 2.87. The molecule has 18 heavy (non-hydrogen) atoms. The van der Waals surface area contributed by atoms with E-state index in [9.17, 15) is 18.0 Å². The number of fused-ring (bicyclic) bond motifs is 1. The van der Waals surface area contributed by atoms with Crippen molar-refractivity contribution in [2.45, 2.75) is 25.6 Å². The molecular formula is C12H13F3N2O. The number of benzene rings is 1. The average molecular weight is 258 g/mol. The first-order valence-electron chi connectivity index (χ1n) is 5.40. The summed E-state index contributed by atoms with van der Waals surface area (Å²) >= 11 is 0. The van der Waals surface area contributed by atoms with E-state index < -0.39 is 17.3 Å². The zero-order valence-corrected chi connectivity index (χ0v) is 10.2. The third-order valence-corrected chi connectivity index (χ3v) is 2.97. The van der Waals surface area contributed by atoms with Crippen LogP contribution in [-0.4, -0.2) is 18.5 Å². The largest absolute Gasteiger partial charge is 0.416 e. The zero-order valence-electron chi connectivity index (χ0n) is 10.2. The molecule has 3 nitrogen and oxygen atoms in total. The van der Waals surface area contributed by atoms with E-state index in [0.29, 0.717) is 5.69 Å². The molecule has 0 aliphatic carbocycles. The quantitative estimate of drug-likeness (QED) is 0.776. The van der Waals surface area contributed by atoms with Gasteiger partial charge in [0, 0.05) is 7.05 Å². The number of amides is 1. The summed E-state index contributed by atoms with van der Waals surface area (Å²) in [5.41, 5.74) is -0.812.